The van der Waals surface area contributed by atoms with Gasteiger partial charge in [0.25, 0.3) is 0 Å². The number of halogens is 1. The van der Waals surface area contributed by atoms with E-state index in [4.69, 9.17) is 10.3 Å². The van der Waals surface area contributed by atoms with Crippen LogP contribution in [0, 0.1) is 0 Å². The number of likely N-dealkylation sites (tertiary alicyclic amines) is 1. The molecule has 1 saturated heterocycles. The van der Waals surface area contributed by atoms with E-state index in [2.05, 4.69) is 14.1 Å². The van der Waals surface area contributed by atoms with E-state index in [-0.39, 0.29) is 12.4 Å². The molecule has 7 nitrogen and oxygen atoms in total. The molecule has 17 heavy (non-hydrogen) atoms. The monoisotopic (exact) mass is 287 g/mol. The van der Waals surface area contributed by atoms with Crippen LogP contribution < -0.4 is 5.73 Å². The standard InChI is InChI=1S/C8H17N3O4S.ClH/c1-11-6-2-3-7(11)4-5-10-8(9)15-16(12,13)14;/h7H,2-6H2,1H3,(H2,9,10)(H,12,13,14);1H. The summed E-state index contributed by atoms with van der Waals surface area (Å²) in [5, 5.41) is 0. The summed E-state index contributed by atoms with van der Waals surface area (Å²) >= 11 is 0. The number of aliphatic imine (C=N–C) groups is 1. The molecule has 0 aromatic carbocycles. The molecule has 1 aliphatic rings. The van der Waals surface area contributed by atoms with Crippen molar-refractivity contribution in [3.05, 3.63) is 0 Å². The zero-order chi connectivity index (χ0) is 12.2. The van der Waals surface area contributed by atoms with Crippen LogP contribution in [0.4, 0.5) is 0 Å². The summed E-state index contributed by atoms with van der Waals surface area (Å²) in [5.41, 5.74) is 5.15. The largest absolute Gasteiger partial charge is 0.449 e. The number of nitrogens with two attached hydrogens (primary N) is 1. The van der Waals surface area contributed by atoms with Gasteiger partial charge in [-0.1, -0.05) is 0 Å². The first-order chi connectivity index (χ1) is 7.38. The van der Waals surface area contributed by atoms with Gasteiger partial charge in [0.2, 0.25) is 0 Å². The van der Waals surface area contributed by atoms with Crippen molar-refractivity contribution in [1.82, 2.24) is 4.90 Å². The van der Waals surface area contributed by atoms with Crippen LogP contribution in [-0.2, 0) is 14.6 Å². The molecule has 1 fully saturated rings. The van der Waals surface area contributed by atoms with Crippen LogP contribution in [0.5, 0.6) is 0 Å². The number of rotatable bonds is 4. The third-order valence-electron chi connectivity index (χ3n) is 2.59. The van der Waals surface area contributed by atoms with Gasteiger partial charge in [0, 0.05) is 12.6 Å². The second-order valence-electron chi connectivity index (χ2n) is 3.80. The highest BCUT2D eigenvalue weighted by Crippen LogP contribution is 2.17. The first-order valence-electron chi connectivity index (χ1n) is 5.05. The molecule has 0 aromatic heterocycles. The van der Waals surface area contributed by atoms with Crippen molar-refractivity contribution >= 4 is 28.8 Å². The topological polar surface area (TPSA) is 105 Å². The molecule has 1 heterocycles. The summed E-state index contributed by atoms with van der Waals surface area (Å²) in [6, 6.07) is -0.0644. The first kappa shape index (κ1) is 16.4. The van der Waals surface area contributed by atoms with E-state index in [0.29, 0.717) is 12.6 Å². The maximum Gasteiger partial charge on any atom is 0.449 e. The average molecular weight is 288 g/mol. The first-order valence-corrected chi connectivity index (χ1v) is 6.42. The third-order valence-corrected chi connectivity index (χ3v) is 2.97. The summed E-state index contributed by atoms with van der Waals surface area (Å²) in [6.07, 6.45) is 3.08. The lowest BCUT2D eigenvalue weighted by molar-refractivity contribution is 0.299. The molecule has 1 rings (SSSR count). The van der Waals surface area contributed by atoms with Crippen molar-refractivity contribution in [2.24, 2.45) is 10.7 Å². The molecule has 1 atom stereocenters. The van der Waals surface area contributed by atoms with Gasteiger partial charge in [0.1, 0.15) is 0 Å². The molecule has 3 N–H and O–H groups in total. The minimum atomic E-state index is -4.55. The predicted octanol–water partition coefficient (Wildman–Crippen LogP) is 0.0266. The highest BCUT2D eigenvalue weighted by Gasteiger charge is 2.19. The zero-order valence-corrected chi connectivity index (χ0v) is 11.2. The molecule has 0 amide bonds. The van der Waals surface area contributed by atoms with Crippen molar-refractivity contribution in [3.8, 4) is 0 Å². The van der Waals surface area contributed by atoms with Crippen LogP contribution in [0.2, 0.25) is 0 Å². The van der Waals surface area contributed by atoms with Crippen molar-refractivity contribution in [3.63, 3.8) is 0 Å². The van der Waals surface area contributed by atoms with E-state index in [1.807, 2.05) is 7.05 Å². The molecule has 0 saturated carbocycles. The molecule has 0 aromatic rings. The van der Waals surface area contributed by atoms with Gasteiger partial charge in [0.05, 0.1) is 0 Å². The van der Waals surface area contributed by atoms with E-state index in [0.717, 1.165) is 19.4 Å². The summed E-state index contributed by atoms with van der Waals surface area (Å²) in [7, 11) is -2.51. The van der Waals surface area contributed by atoms with Crippen molar-refractivity contribution in [2.45, 2.75) is 25.3 Å². The molecule has 0 bridgehead atoms. The van der Waals surface area contributed by atoms with Crippen molar-refractivity contribution < 1.29 is 17.2 Å². The molecule has 0 aliphatic carbocycles. The molecule has 1 aliphatic heterocycles. The Morgan fingerprint density at radius 1 is 1.65 bits per heavy atom. The average Bonchev–Trinajstić information content (AvgIpc) is 2.48. The van der Waals surface area contributed by atoms with E-state index < -0.39 is 16.4 Å². The predicted molar refractivity (Wildman–Crippen MR) is 66.6 cm³/mol. The summed E-state index contributed by atoms with van der Waals surface area (Å²) in [6.45, 7) is 1.46. The van der Waals surface area contributed by atoms with E-state index in [1.54, 1.807) is 0 Å². The molecule has 0 radical (unpaired) electrons. The Hall–Kier alpha value is -0.570. The second kappa shape index (κ2) is 7.00. The van der Waals surface area contributed by atoms with Gasteiger partial charge in [-0.05, 0) is 32.9 Å². The van der Waals surface area contributed by atoms with Gasteiger partial charge in [-0.2, -0.15) is 8.42 Å². The van der Waals surface area contributed by atoms with Crippen LogP contribution in [0.1, 0.15) is 19.3 Å². The third kappa shape index (κ3) is 6.67. The van der Waals surface area contributed by atoms with Crippen LogP contribution in [0.3, 0.4) is 0 Å². The summed E-state index contributed by atoms with van der Waals surface area (Å²) in [5.74, 6) is 0. The van der Waals surface area contributed by atoms with Gasteiger partial charge < -0.3 is 14.8 Å². The minimum Gasteiger partial charge on any atom is -0.353 e. The normalized spacial score (nSPS) is 22.2. The SMILES string of the molecule is CN1CCCC1CCN=C(N)OS(=O)(=O)O.Cl. The fourth-order valence-corrected chi connectivity index (χ4v) is 2.07. The maximum atomic E-state index is 10.3. The summed E-state index contributed by atoms with van der Waals surface area (Å²) in [4.78, 5) is 5.95. The molecule has 1 unspecified atom stereocenters. The van der Waals surface area contributed by atoms with Crippen LogP contribution >= 0.6 is 12.4 Å². The van der Waals surface area contributed by atoms with Gasteiger partial charge in [0.15, 0.2) is 0 Å². The molecule has 0 spiro atoms. The van der Waals surface area contributed by atoms with Gasteiger partial charge >= 0.3 is 16.4 Å². The Bertz CT molecular complexity index is 360. The lowest BCUT2D eigenvalue weighted by Crippen LogP contribution is -2.26. The van der Waals surface area contributed by atoms with E-state index in [1.165, 1.54) is 6.42 Å². The molecule has 102 valence electrons. The van der Waals surface area contributed by atoms with Crippen LogP contribution in [0.15, 0.2) is 4.99 Å². The highest BCUT2D eigenvalue weighted by atomic mass is 35.5. The number of hydrogen-bond donors (Lipinski definition) is 2. The van der Waals surface area contributed by atoms with Crippen LogP contribution in [-0.4, -0.2) is 50.1 Å². The Morgan fingerprint density at radius 3 is 2.76 bits per heavy atom. The number of hydrogen-bond acceptors (Lipinski definition) is 5. The second-order valence-corrected chi connectivity index (χ2v) is 4.82. The van der Waals surface area contributed by atoms with Gasteiger partial charge in [-0.3, -0.25) is 4.55 Å². The quantitative estimate of drug-likeness (QED) is 0.429. The smallest absolute Gasteiger partial charge is 0.353 e. The van der Waals surface area contributed by atoms with Gasteiger partial charge in [-0.25, -0.2) is 4.99 Å². The van der Waals surface area contributed by atoms with Crippen molar-refractivity contribution in [1.29, 1.82) is 0 Å². The number of amidine groups is 1. The Labute approximate surface area is 107 Å². The molecular formula is C8H18ClN3O4S. The van der Waals surface area contributed by atoms with Crippen molar-refractivity contribution in [2.75, 3.05) is 20.1 Å². The molecular weight excluding hydrogens is 270 g/mol. The molecule has 9 heteroatoms. The minimum absolute atomic E-state index is 0. The fraction of sp³-hybridized carbons (Fsp3) is 0.875. The Balaban J connectivity index is 0.00000256. The lowest BCUT2D eigenvalue weighted by Gasteiger charge is -2.17. The fourth-order valence-electron chi connectivity index (χ4n) is 1.80. The van der Waals surface area contributed by atoms with E-state index in [9.17, 15) is 8.42 Å². The lowest BCUT2D eigenvalue weighted by atomic mass is 10.1. The highest BCUT2D eigenvalue weighted by molar-refractivity contribution is 7.81. The summed E-state index contributed by atoms with van der Waals surface area (Å²) < 4.78 is 32.8. The van der Waals surface area contributed by atoms with Crippen LogP contribution in [0.25, 0.3) is 0 Å². The zero-order valence-electron chi connectivity index (χ0n) is 9.57. The Kier molecular flexibility index (Phi) is 6.76. The van der Waals surface area contributed by atoms with Gasteiger partial charge in [-0.15, -0.1) is 12.4 Å². The van der Waals surface area contributed by atoms with E-state index >= 15 is 0 Å². The maximum absolute atomic E-state index is 10.3. The number of nitrogens with zero attached hydrogens (tertiary/aromatic N) is 2. The Morgan fingerprint density at radius 2 is 2.29 bits per heavy atom.